The molecule has 0 aromatic heterocycles. The van der Waals surface area contributed by atoms with E-state index in [1.807, 2.05) is 0 Å². The Hall–Kier alpha value is -1.49. The molecule has 0 saturated carbocycles. The monoisotopic (exact) mass is 292 g/mol. The molecule has 5 heteroatoms. The highest BCUT2D eigenvalue weighted by atomic mass is 32.2. The van der Waals surface area contributed by atoms with Gasteiger partial charge in [0.25, 0.3) is 0 Å². The fourth-order valence-corrected chi connectivity index (χ4v) is 2.90. The lowest BCUT2D eigenvalue weighted by Crippen LogP contribution is -2.47. The molecule has 20 heavy (non-hydrogen) atoms. The second-order valence-corrected chi connectivity index (χ2v) is 6.19. The number of aryl methyl sites for hydroxylation is 1. The molecule has 1 saturated heterocycles. The van der Waals surface area contributed by atoms with Gasteiger partial charge < -0.3 is 10.6 Å². The Labute approximate surface area is 123 Å². The van der Waals surface area contributed by atoms with Gasteiger partial charge in [-0.1, -0.05) is 17.7 Å². The Kier molecular flexibility index (Phi) is 5.47. The topological polar surface area (TPSA) is 58.2 Å². The Balaban J connectivity index is 1.65. The van der Waals surface area contributed by atoms with Gasteiger partial charge in [0.15, 0.2) is 0 Å². The van der Waals surface area contributed by atoms with Crippen LogP contribution in [-0.2, 0) is 9.59 Å². The number of benzene rings is 1. The smallest absolute Gasteiger partial charge is 0.221 e. The summed E-state index contributed by atoms with van der Waals surface area (Å²) in [5.74, 6) is 0.907. The Bertz CT molecular complexity index is 463. The van der Waals surface area contributed by atoms with E-state index in [0.29, 0.717) is 19.4 Å². The molecule has 0 aliphatic carbocycles. The number of piperidine rings is 1. The summed E-state index contributed by atoms with van der Waals surface area (Å²) < 4.78 is 0. The first-order chi connectivity index (χ1) is 9.63. The van der Waals surface area contributed by atoms with Gasteiger partial charge in [-0.05, 0) is 25.5 Å². The molecule has 2 N–H and O–H groups in total. The van der Waals surface area contributed by atoms with Crippen LogP contribution in [0.5, 0.6) is 0 Å². The SMILES string of the molecule is Cc1ccc(SCCC(=O)NC2CCC(=O)NC2)cc1. The van der Waals surface area contributed by atoms with Crippen LogP contribution in [0.4, 0.5) is 0 Å². The maximum absolute atomic E-state index is 11.8. The van der Waals surface area contributed by atoms with Crippen LogP contribution in [0.15, 0.2) is 29.2 Å². The zero-order chi connectivity index (χ0) is 14.4. The quantitative estimate of drug-likeness (QED) is 0.815. The van der Waals surface area contributed by atoms with E-state index in [-0.39, 0.29) is 17.9 Å². The summed E-state index contributed by atoms with van der Waals surface area (Å²) in [6, 6.07) is 8.40. The van der Waals surface area contributed by atoms with E-state index in [9.17, 15) is 9.59 Å². The number of amides is 2. The van der Waals surface area contributed by atoms with Crippen LogP contribution in [0.2, 0.25) is 0 Å². The molecule has 1 unspecified atom stereocenters. The lowest BCUT2D eigenvalue weighted by atomic mass is 10.1. The molecule has 2 amide bonds. The van der Waals surface area contributed by atoms with E-state index < -0.39 is 0 Å². The van der Waals surface area contributed by atoms with Gasteiger partial charge in [0.2, 0.25) is 11.8 Å². The van der Waals surface area contributed by atoms with E-state index in [2.05, 4.69) is 41.8 Å². The molecule has 1 aliphatic rings. The molecule has 1 aliphatic heterocycles. The first kappa shape index (κ1) is 14.9. The van der Waals surface area contributed by atoms with Gasteiger partial charge >= 0.3 is 0 Å². The van der Waals surface area contributed by atoms with Crippen LogP contribution < -0.4 is 10.6 Å². The molecule has 1 aromatic carbocycles. The molecule has 0 bridgehead atoms. The summed E-state index contributed by atoms with van der Waals surface area (Å²) in [7, 11) is 0. The molecular formula is C15H20N2O2S. The average molecular weight is 292 g/mol. The average Bonchev–Trinajstić information content (AvgIpc) is 2.44. The third-order valence-electron chi connectivity index (χ3n) is 3.25. The maximum atomic E-state index is 11.8. The largest absolute Gasteiger partial charge is 0.354 e. The number of nitrogens with one attached hydrogen (secondary N) is 2. The summed E-state index contributed by atoms with van der Waals surface area (Å²) in [5, 5.41) is 5.73. The molecule has 1 aromatic rings. The number of hydrogen-bond donors (Lipinski definition) is 2. The number of thioether (sulfide) groups is 1. The molecule has 2 rings (SSSR count). The lowest BCUT2D eigenvalue weighted by molar-refractivity contribution is -0.125. The fourth-order valence-electron chi connectivity index (χ4n) is 2.05. The molecule has 108 valence electrons. The van der Waals surface area contributed by atoms with Crippen molar-refractivity contribution in [2.24, 2.45) is 0 Å². The normalized spacial score (nSPS) is 18.4. The van der Waals surface area contributed by atoms with E-state index in [0.717, 1.165) is 12.2 Å². The van der Waals surface area contributed by atoms with E-state index in [1.54, 1.807) is 11.8 Å². The van der Waals surface area contributed by atoms with Gasteiger partial charge in [0, 0.05) is 36.1 Å². The van der Waals surface area contributed by atoms with Crippen LogP contribution in [0.25, 0.3) is 0 Å². The van der Waals surface area contributed by atoms with Gasteiger partial charge in [0.05, 0.1) is 0 Å². The van der Waals surface area contributed by atoms with Crippen LogP contribution >= 0.6 is 11.8 Å². The molecule has 4 nitrogen and oxygen atoms in total. The molecule has 0 spiro atoms. The minimum atomic E-state index is 0.0609. The molecular weight excluding hydrogens is 272 g/mol. The van der Waals surface area contributed by atoms with Crippen molar-refractivity contribution >= 4 is 23.6 Å². The predicted octanol–water partition coefficient (Wildman–Crippen LogP) is 1.87. The highest BCUT2D eigenvalue weighted by Gasteiger charge is 2.19. The van der Waals surface area contributed by atoms with Gasteiger partial charge in [0.1, 0.15) is 0 Å². The number of carbonyl (C=O) groups is 2. The van der Waals surface area contributed by atoms with Crippen molar-refractivity contribution in [3.05, 3.63) is 29.8 Å². The van der Waals surface area contributed by atoms with E-state index in [1.165, 1.54) is 10.5 Å². The summed E-state index contributed by atoms with van der Waals surface area (Å²) in [6.45, 7) is 2.61. The molecule has 0 radical (unpaired) electrons. The van der Waals surface area contributed by atoms with Crippen LogP contribution in [0.3, 0.4) is 0 Å². The Morgan fingerprint density at radius 3 is 2.80 bits per heavy atom. The van der Waals surface area contributed by atoms with Gasteiger partial charge in [-0.3, -0.25) is 9.59 Å². The lowest BCUT2D eigenvalue weighted by Gasteiger charge is -2.23. The molecule has 1 fully saturated rings. The Morgan fingerprint density at radius 2 is 2.15 bits per heavy atom. The van der Waals surface area contributed by atoms with Crippen LogP contribution in [0.1, 0.15) is 24.8 Å². The van der Waals surface area contributed by atoms with Crippen molar-refractivity contribution in [1.29, 1.82) is 0 Å². The highest BCUT2D eigenvalue weighted by Crippen LogP contribution is 2.19. The van der Waals surface area contributed by atoms with Crippen molar-refractivity contribution in [3.63, 3.8) is 0 Å². The standard InChI is InChI=1S/C15H20N2O2S/c1-11-2-5-13(6-3-11)20-9-8-15(19)17-12-4-7-14(18)16-10-12/h2-3,5-6,12H,4,7-10H2,1H3,(H,16,18)(H,17,19). The van der Waals surface area contributed by atoms with Crippen molar-refractivity contribution in [3.8, 4) is 0 Å². The number of hydrogen-bond acceptors (Lipinski definition) is 3. The minimum Gasteiger partial charge on any atom is -0.354 e. The fraction of sp³-hybridized carbons (Fsp3) is 0.467. The van der Waals surface area contributed by atoms with Crippen LogP contribution in [0, 0.1) is 6.92 Å². The van der Waals surface area contributed by atoms with Crippen molar-refractivity contribution < 1.29 is 9.59 Å². The number of carbonyl (C=O) groups excluding carboxylic acids is 2. The first-order valence-corrected chi connectivity index (χ1v) is 7.87. The summed E-state index contributed by atoms with van der Waals surface area (Å²) in [4.78, 5) is 24.0. The third kappa shape index (κ3) is 4.89. The minimum absolute atomic E-state index is 0.0609. The predicted molar refractivity (Wildman–Crippen MR) is 80.7 cm³/mol. The maximum Gasteiger partial charge on any atom is 0.221 e. The van der Waals surface area contributed by atoms with Crippen molar-refractivity contribution in [2.75, 3.05) is 12.3 Å². The second-order valence-electron chi connectivity index (χ2n) is 5.02. The summed E-state index contributed by atoms with van der Waals surface area (Å²) in [6.07, 6.45) is 1.74. The van der Waals surface area contributed by atoms with E-state index in [4.69, 9.17) is 0 Å². The summed E-state index contributed by atoms with van der Waals surface area (Å²) >= 11 is 1.69. The second kappa shape index (κ2) is 7.33. The first-order valence-electron chi connectivity index (χ1n) is 6.89. The van der Waals surface area contributed by atoms with Crippen molar-refractivity contribution in [2.45, 2.75) is 37.1 Å². The third-order valence-corrected chi connectivity index (χ3v) is 4.26. The van der Waals surface area contributed by atoms with Gasteiger partial charge in [-0.2, -0.15) is 0 Å². The van der Waals surface area contributed by atoms with E-state index >= 15 is 0 Å². The zero-order valence-electron chi connectivity index (χ0n) is 11.6. The van der Waals surface area contributed by atoms with Gasteiger partial charge in [-0.15, -0.1) is 11.8 Å². The van der Waals surface area contributed by atoms with Crippen molar-refractivity contribution in [1.82, 2.24) is 10.6 Å². The number of rotatable bonds is 5. The highest BCUT2D eigenvalue weighted by molar-refractivity contribution is 7.99. The Morgan fingerprint density at radius 1 is 1.40 bits per heavy atom. The van der Waals surface area contributed by atoms with Gasteiger partial charge in [-0.25, -0.2) is 0 Å². The van der Waals surface area contributed by atoms with Crippen LogP contribution in [-0.4, -0.2) is 30.2 Å². The molecule has 1 atom stereocenters. The zero-order valence-corrected chi connectivity index (χ0v) is 12.5. The molecule has 1 heterocycles. The summed E-state index contributed by atoms with van der Waals surface area (Å²) in [5.41, 5.74) is 1.24.